The zero-order chi connectivity index (χ0) is 15.5. The van der Waals surface area contributed by atoms with Crippen LogP contribution >= 0.6 is 11.6 Å². The Morgan fingerprint density at radius 2 is 2.14 bits per heavy atom. The van der Waals surface area contributed by atoms with Gasteiger partial charge in [0, 0.05) is 28.7 Å². The molecule has 1 amide bonds. The first-order valence-electron chi connectivity index (χ1n) is 7.07. The third kappa shape index (κ3) is 4.67. The van der Waals surface area contributed by atoms with E-state index in [1.165, 1.54) is 5.56 Å². The summed E-state index contributed by atoms with van der Waals surface area (Å²) in [6.45, 7) is 6.13. The number of carbonyl (C=O) groups excluding carboxylic acids is 1. The Morgan fingerprint density at radius 3 is 2.86 bits per heavy atom. The molecule has 2 N–H and O–H groups in total. The number of rotatable bonds is 4. The van der Waals surface area contributed by atoms with Crippen molar-refractivity contribution >= 4 is 28.6 Å². The van der Waals surface area contributed by atoms with Gasteiger partial charge in [-0.25, -0.2) is 4.79 Å². The molecular formula is C16H21ClN2O2. The third-order valence-corrected chi connectivity index (χ3v) is 3.26. The molecule has 2 rings (SSSR count). The second-order valence-corrected chi connectivity index (χ2v) is 6.47. The van der Waals surface area contributed by atoms with Gasteiger partial charge in [-0.05, 0) is 57.4 Å². The minimum atomic E-state index is -0.461. The summed E-state index contributed by atoms with van der Waals surface area (Å²) in [6.07, 6.45) is 3.34. The summed E-state index contributed by atoms with van der Waals surface area (Å²) in [5.74, 6) is 0. The summed E-state index contributed by atoms with van der Waals surface area (Å²) in [4.78, 5) is 14.7. The number of aromatic nitrogens is 1. The van der Waals surface area contributed by atoms with Gasteiger partial charge in [0.1, 0.15) is 5.60 Å². The number of ether oxygens (including phenoxy) is 1. The van der Waals surface area contributed by atoms with Crippen LogP contribution in [0.2, 0.25) is 5.02 Å². The second kappa shape index (κ2) is 6.39. The number of aryl methyl sites for hydroxylation is 1. The van der Waals surface area contributed by atoms with E-state index in [-0.39, 0.29) is 6.09 Å². The molecule has 0 aliphatic rings. The number of halogens is 1. The first kappa shape index (κ1) is 15.7. The summed E-state index contributed by atoms with van der Waals surface area (Å²) >= 11 is 6.02. The molecule has 0 aliphatic carbocycles. The molecule has 21 heavy (non-hydrogen) atoms. The lowest BCUT2D eigenvalue weighted by atomic mass is 10.1. The van der Waals surface area contributed by atoms with Gasteiger partial charge >= 0.3 is 6.09 Å². The molecule has 4 nitrogen and oxygen atoms in total. The maximum Gasteiger partial charge on any atom is 0.407 e. The molecule has 1 aromatic heterocycles. The van der Waals surface area contributed by atoms with Gasteiger partial charge in [-0.3, -0.25) is 0 Å². The van der Waals surface area contributed by atoms with Crippen molar-refractivity contribution in [2.75, 3.05) is 6.54 Å². The van der Waals surface area contributed by atoms with Crippen LogP contribution in [0.1, 0.15) is 32.8 Å². The van der Waals surface area contributed by atoms with E-state index < -0.39 is 5.60 Å². The smallest absolute Gasteiger partial charge is 0.407 e. The van der Waals surface area contributed by atoms with Crippen LogP contribution in [-0.2, 0) is 11.2 Å². The average Bonchev–Trinajstić information content (AvgIpc) is 2.75. The fourth-order valence-electron chi connectivity index (χ4n) is 2.14. The molecule has 5 heteroatoms. The summed E-state index contributed by atoms with van der Waals surface area (Å²) in [6, 6.07) is 5.80. The number of aromatic amines is 1. The highest BCUT2D eigenvalue weighted by Crippen LogP contribution is 2.23. The van der Waals surface area contributed by atoms with Crippen molar-refractivity contribution in [3.05, 3.63) is 35.0 Å². The minimum absolute atomic E-state index is 0.371. The fraction of sp³-hybridized carbons (Fsp3) is 0.438. The number of benzene rings is 1. The van der Waals surface area contributed by atoms with Crippen LogP contribution < -0.4 is 5.32 Å². The monoisotopic (exact) mass is 308 g/mol. The first-order valence-corrected chi connectivity index (χ1v) is 7.45. The van der Waals surface area contributed by atoms with E-state index in [9.17, 15) is 4.79 Å². The molecule has 0 fully saturated rings. The summed E-state index contributed by atoms with van der Waals surface area (Å²) in [5.41, 5.74) is 1.82. The molecular weight excluding hydrogens is 288 g/mol. The summed E-state index contributed by atoms with van der Waals surface area (Å²) < 4.78 is 5.19. The van der Waals surface area contributed by atoms with Crippen LogP contribution in [0.3, 0.4) is 0 Å². The van der Waals surface area contributed by atoms with Crippen molar-refractivity contribution in [3.8, 4) is 0 Å². The van der Waals surface area contributed by atoms with Gasteiger partial charge in [-0.2, -0.15) is 0 Å². The third-order valence-electron chi connectivity index (χ3n) is 3.02. The van der Waals surface area contributed by atoms with Gasteiger partial charge in [0.25, 0.3) is 0 Å². The molecule has 1 aromatic carbocycles. The van der Waals surface area contributed by atoms with E-state index in [1.54, 1.807) is 0 Å². The Bertz CT molecular complexity index is 629. The van der Waals surface area contributed by atoms with Crippen molar-refractivity contribution in [1.82, 2.24) is 10.3 Å². The number of H-pyrrole nitrogens is 1. The quantitative estimate of drug-likeness (QED) is 0.828. The number of alkyl carbamates (subject to hydrolysis) is 1. The van der Waals surface area contributed by atoms with Crippen molar-refractivity contribution < 1.29 is 9.53 Å². The van der Waals surface area contributed by atoms with Crippen LogP contribution in [0.25, 0.3) is 10.9 Å². The Labute approximate surface area is 129 Å². The maximum atomic E-state index is 11.5. The predicted octanol–water partition coefficient (Wildman–Crippen LogP) is 4.28. The van der Waals surface area contributed by atoms with Crippen LogP contribution in [-0.4, -0.2) is 23.2 Å². The lowest BCUT2D eigenvalue weighted by Gasteiger charge is -2.19. The van der Waals surface area contributed by atoms with Crippen molar-refractivity contribution in [2.24, 2.45) is 0 Å². The molecule has 0 saturated heterocycles. The molecule has 0 aliphatic heterocycles. The zero-order valence-corrected chi connectivity index (χ0v) is 13.4. The molecule has 0 radical (unpaired) electrons. The van der Waals surface area contributed by atoms with E-state index in [2.05, 4.69) is 10.3 Å². The van der Waals surface area contributed by atoms with Crippen molar-refractivity contribution in [2.45, 2.75) is 39.2 Å². The normalized spacial score (nSPS) is 11.6. The van der Waals surface area contributed by atoms with E-state index in [4.69, 9.17) is 16.3 Å². The number of carbonyl (C=O) groups is 1. The number of amides is 1. The molecule has 0 spiro atoms. The van der Waals surface area contributed by atoms with Gasteiger partial charge in [-0.15, -0.1) is 0 Å². The molecule has 0 atom stereocenters. The predicted molar refractivity (Wildman–Crippen MR) is 85.9 cm³/mol. The largest absolute Gasteiger partial charge is 0.444 e. The topological polar surface area (TPSA) is 54.1 Å². The van der Waals surface area contributed by atoms with E-state index in [0.29, 0.717) is 6.54 Å². The van der Waals surface area contributed by atoms with E-state index in [1.807, 2.05) is 45.2 Å². The van der Waals surface area contributed by atoms with Crippen LogP contribution in [0.4, 0.5) is 4.79 Å². The highest BCUT2D eigenvalue weighted by Gasteiger charge is 2.15. The van der Waals surface area contributed by atoms with Gasteiger partial charge in [0.05, 0.1) is 0 Å². The first-order chi connectivity index (χ1) is 9.85. The number of nitrogens with one attached hydrogen (secondary N) is 2. The van der Waals surface area contributed by atoms with Crippen molar-refractivity contribution in [3.63, 3.8) is 0 Å². The van der Waals surface area contributed by atoms with Crippen LogP contribution in [0.15, 0.2) is 24.4 Å². The Morgan fingerprint density at radius 1 is 1.38 bits per heavy atom. The standard InChI is InChI=1S/C16H21ClN2O2/c1-16(2,3)21-15(20)18-8-4-5-11-10-19-14-7-6-12(17)9-13(11)14/h6-7,9-10,19H,4-5,8H2,1-3H3,(H,18,20). The average molecular weight is 309 g/mol. The maximum absolute atomic E-state index is 11.5. The molecule has 0 saturated carbocycles. The van der Waals surface area contributed by atoms with Gasteiger partial charge in [0.2, 0.25) is 0 Å². The van der Waals surface area contributed by atoms with Gasteiger partial charge in [-0.1, -0.05) is 11.6 Å². The Hall–Kier alpha value is -1.68. The van der Waals surface area contributed by atoms with Gasteiger partial charge in [0.15, 0.2) is 0 Å². The molecule has 114 valence electrons. The number of hydrogen-bond donors (Lipinski definition) is 2. The Balaban J connectivity index is 1.83. The lowest BCUT2D eigenvalue weighted by molar-refractivity contribution is 0.0527. The SMILES string of the molecule is CC(C)(C)OC(=O)NCCCc1c[nH]c2ccc(Cl)cc12. The number of fused-ring (bicyclic) bond motifs is 1. The highest BCUT2D eigenvalue weighted by molar-refractivity contribution is 6.31. The Kier molecular flexibility index (Phi) is 4.78. The second-order valence-electron chi connectivity index (χ2n) is 6.04. The highest BCUT2D eigenvalue weighted by atomic mass is 35.5. The van der Waals surface area contributed by atoms with Crippen LogP contribution in [0, 0.1) is 0 Å². The van der Waals surface area contributed by atoms with Gasteiger partial charge < -0.3 is 15.0 Å². The minimum Gasteiger partial charge on any atom is -0.444 e. The molecule has 2 aromatic rings. The lowest BCUT2D eigenvalue weighted by Crippen LogP contribution is -2.33. The molecule has 1 heterocycles. The summed E-state index contributed by atoms with van der Waals surface area (Å²) in [5, 5.41) is 4.63. The molecule has 0 bridgehead atoms. The number of hydrogen-bond acceptors (Lipinski definition) is 2. The fourth-order valence-corrected chi connectivity index (χ4v) is 2.31. The van der Waals surface area contributed by atoms with E-state index in [0.717, 1.165) is 28.8 Å². The van der Waals surface area contributed by atoms with Crippen LogP contribution in [0.5, 0.6) is 0 Å². The summed E-state index contributed by atoms with van der Waals surface area (Å²) in [7, 11) is 0. The molecule has 0 unspecified atom stereocenters. The van der Waals surface area contributed by atoms with E-state index >= 15 is 0 Å². The van der Waals surface area contributed by atoms with Crippen molar-refractivity contribution in [1.29, 1.82) is 0 Å². The zero-order valence-electron chi connectivity index (χ0n) is 12.6.